The fourth-order valence-corrected chi connectivity index (χ4v) is 1.38. The zero-order valence-electron chi connectivity index (χ0n) is 6.92. The molecule has 4 heteroatoms. The van der Waals surface area contributed by atoms with E-state index < -0.39 is 5.92 Å². The number of amides is 1. The Hall–Kier alpha value is -1.19. The first-order valence-electron chi connectivity index (χ1n) is 3.88. The Balaban J connectivity index is 2.61. The lowest BCUT2D eigenvalue weighted by molar-refractivity contribution is -0.137. The molecular weight excluding hydrogens is 158 g/mol. The number of nitrogens with one attached hydrogen (secondary N) is 1. The summed E-state index contributed by atoms with van der Waals surface area (Å²) in [5, 5.41) is 2.43. The summed E-state index contributed by atoms with van der Waals surface area (Å²) < 4.78 is 0. The van der Waals surface area contributed by atoms with E-state index in [1.807, 2.05) is 0 Å². The van der Waals surface area contributed by atoms with Gasteiger partial charge in [-0.25, -0.2) is 0 Å². The molecule has 12 heavy (non-hydrogen) atoms. The Kier molecular flexibility index (Phi) is 2.58. The molecule has 66 valence electrons. The largest absolute Gasteiger partial charge is 0.359 e. The smallest absolute Gasteiger partial charge is 0.223 e. The molecule has 1 aliphatic rings. The molecule has 1 N–H and O–H groups in total. The van der Waals surface area contributed by atoms with Crippen molar-refractivity contribution in [3.63, 3.8) is 0 Å². The molecule has 0 aromatic carbocycles. The Labute approximate surface area is 70.3 Å². The number of hydrogen-bond acceptors (Lipinski definition) is 3. The molecule has 0 unspecified atom stereocenters. The average molecular weight is 169 g/mol. The number of ketones is 2. The maximum Gasteiger partial charge on any atom is 0.223 e. The summed E-state index contributed by atoms with van der Waals surface area (Å²) in [6.45, 7) is 0. The Bertz CT molecular complexity index is 218. The highest BCUT2D eigenvalue weighted by molar-refractivity contribution is 6.05. The third kappa shape index (κ3) is 1.90. The summed E-state index contributed by atoms with van der Waals surface area (Å²) in [7, 11) is 1.51. The second-order valence-corrected chi connectivity index (χ2v) is 2.97. The second-order valence-electron chi connectivity index (χ2n) is 2.97. The highest BCUT2D eigenvalue weighted by atomic mass is 16.2. The molecule has 0 aromatic heterocycles. The van der Waals surface area contributed by atoms with Gasteiger partial charge < -0.3 is 5.32 Å². The molecule has 4 nitrogen and oxygen atoms in total. The third-order valence-electron chi connectivity index (χ3n) is 1.96. The fourth-order valence-electron chi connectivity index (χ4n) is 1.38. The van der Waals surface area contributed by atoms with Crippen molar-refractivity contribution in [1.29, 1.82) is 0 Å². The van der Waals surface area contributed by atoms with Crippen molar-refractivity contribution in [2.24, 2.45) is 5.92 Å². The van der Waals surface area contributed by atoms with E-state index in [0.29, 0.717) is 0 Å². The highest BCUT2D eigenvalue weighted by Gasteiger charge is 2.29. The van der Waals surface area contributed by atoms with Crippen LogP contribution in [0, 0.1) is 5.92 Å². The Morgan fingerprint density at radius 3 is 2.25 bits per heavy atom. The molecule has 0 saturated heterocycles. The van der Waals surface area contributed by atoms with Gasteiger partial charge in [-0.1, -0.05) is 0 Å². The average Bonchev–Trinajstić information content (AvgIpc) is 2.01. The SMILES string of the molecule is CNC(=O)C1CC(=O)CC(=O)C1. The third-order valence-corrected chi connectivity index (χ3v) is 1.96. The van der Waals surface area contributed by atoms with Gasteiger partial charge in [-0.3, -0.25) is 14.4 Å². The van der Waals surface area contributed by atoms with Crippen LogP contribution in [0.15, 0.2) is 0 Å². The van der Waals surface area contributed by atoms with E-state index in [1.54, 1.807) is 0 Å². The Morgan fingerprint density at radius 2 is 1.83 bits per heavy atom. The van der Waals surface area contributed by atoms with Gasteiger partial charge >= 0.3 is 0 Å². The van der Waals surface area contributed by atoms with E-state index in [0.717, 1.165) is 0 Å². The molecule has 0 spiro atoms. The quantitative estimate of drug-likeness (QED) is 0.547. The van der Waals surface area contributed by atoms with Crippen molar-refractivity contribution < 1.29 is 14.4 Å². The fraction of sp³-hybridized carbons (Fsp3) is 0.625. The predicted molar refractivity (Wildman–Crippen MR) is 41.4 cm³/mol. The van der Waals surface area contributed by atoms with Crippen LogP contribution >= 0.6 is 0 Å². The molecular formula is C8H11NO3. The highest BCUT2D eigenvalue weighted by Crippen LogP contribution is 2.18. The first-order valence-corrected chi connectivity index (χ1v) is 3.88. The molecule has 0 radical (unpaired) electrons. The molecule has 0 aromatic rings. The number of carbonyl (C=O) groups is 3. The van der Waals surface area contributed by atoms with Gasteiger partial charge in [-0.05, 0) is 0 Å². The van der Waals surface area contributed by atoms with Crippen LogP contribution in [0.1, 0.15) is 19.3 Å². The van der Waals surface area contributed by atoms with E-state index in [-0.39, 0.29) is 36.7 Å². The monoisotopic (exact) mass is 169 g/mol. The van der Waals surface area contributed by atoms with E-state index in [4.69, 9.17) is 0 Å². The van der Waals surface area contributed by atoms with Gasteiger partial charge in [0.1, 0.15) is 11.6 Å². The lowest BCUT2D eigenvalue weighted by atomic mass is 9.87. The van der Waals surface area contributed by atoms with Crippen LogP contribution in [0.3, 0.4) is 0 Å². The summed E-state index contributed by atoms with van der Waals surface area (Å²) in [5.74, 6) is -0.889. The van der Waals surface area contributed by atoms with Gasteiger partial charge in [0.05, 0.1) is 12.3 Å². The molecule has 0 bridgehead atoms. The zero-order chi connectivity index (χ0) is 9.14. The van der Waals surface area contributed by atoms with Crippen LogP contribution in [0.2, 0.25) is 0 Å². The molecule has 0 aliphatic heterocycles. The lowest BCUT2D eigenvalue weighted by Crippen LogP contribution is -2.34. The van der Waals surface area contributed by atoms with Gasteiger partial charge in [0.15, 0.2) is 0 Å². The van der Waals surface area contributed by atoms with Crippen LogP contribution in [0.4, 0.5) is 0 Å². The van der Waals surface area contributed by atoms with Crippen molar-refractivity contribution in [2.45, 2.75) is 19.3 Å². The van der Waals surface area contributed by atoms with E-state index in [9.17, 15) is 14.4 Å². The van der Waals surface area contributed by atoms with Crippen LogP contribution < -0.4 is 5.32 Å². The molecule has 1 fully saturated rings. The van der Waals surface area contributed by atoms with E-state index in [1.165, 1.54) is 7.05 Å². The van der Waals surface area contributed by atoms with Gasteiger partial charge in [-0.2, -0.15) is 0 Å². The van der Waals surface area contributed by atoms with Gasteiger partial charge in [-0.15, -0.1) is 0 Å². The minimum atomic E-state index is -0.427. The van der Waals surface area contributed by atoms with Crippen molar-refractivity contribution in [2.75, 3.05) is 7.05 Å². The van der Waals surface area contributed by atoms with Crippen molar-refractivity contribution in [3.05, 3.63) is 0 Å². The van der Waals surface area contributed by atoms with Gasteiger partial charge in [0.25, 0.3) is 0 Å². The Morgan fingerprint density at radius 1 is 1.33 bits per heavy atom. The van der Waals surface area contributed by atoms with Crippen LogP contribution in [-0.2, 0) is 14.4 Å². The number of rotatable bonds is 1. The number of carbonyl (C=O) groups excluding carboxylic acids is 3. The zero-order valence-corrected chi connectivity index (χ0v) is 6.92. The number of Topliss-reactive ketones (excluding diaryl/α,β-unsaturated/α-hetero) is 2. The van der Waals surface area contributed by atoms with Crippen molar-refractivity contribution in [3.8, 4) is 0 Å². The molecule has 1 amide bonds. The van der Waals surface area contributed by atoms with Crippen LogP contribution in [0.25, 0.3) is 0 Å². The normalized spacial score (nSPS) is 19.4. The van der Waals surface area contributed by atoms with Crippen LogP contribution in [-0.4, -0.2) is 24.5 Å². The van der Waals surface area contributed by atoms with E-state index in [2.05, 4.69) is 5.32 Å². The molecule has 1 rings (SSSR count). The summed E-state index contributed by atoms with van der Waals surface area (Å²) in [6, 6.07) is 0. The predicted octanol–water partition coefficient (Wildman–Crippen LogP) is -0.329. The topological polar surface area (TPSA) is 63.2 Å². The van der Waals surface area contributed by atoms with Crippen LogP contribution in [0.5, 0.6) is 0 Å². The maximum absolute atomic E-state index is 11.0. The minimum absolute atomic E-state index is 0.00743. The molecule has 0 heterocycles. The molecule has 1 aliphatic carbocycles. The maximum atomic E-state index is 11.0. The van der Waals surface area contributed by atoms with Gasteiger partial charge in [0.2, 0.25) is 5.91 Å². The second kappa shape index (κ2) is 3.47. The molecule has 1 saturated carbocycles. The minimum Gasteiger partial charge on any atom is -0.359 e. The lowest BCUT2D eigenvalue weighted by Gasteiger charge is -2.17. The summed E-state index contributed by atoms with van der Waals surface area (Å²) in [4.78, 5) is 32.8. The number of hydrogen-bond donors (Lipinski definition) is 1. The van der Waals surface area contributed by atoms with Crippen molar-refractivity contribution in [1.82, 2.24) is 5.32 Å². The summed E-state index contributed by atoms with van der Waals surface area (Å²) in [6.07, 6.45) is 0.435. The first-order chi connectivity index (χ1) is 5.63. The van der Waals surface area contributed by atoms with Crippen molar-refractivity contribution >= 4 is 17.5 Å². The first kappa shape index (κ1) is 8.90. The van der Waals surface area contributed by atoms with Gasteiger partial charge in [0, 0.05) is 19.9 Å². The molecule has 0 atom stereocenters. The summed E-state index contributed by atoms with van der Waals surface area (Å²) >= 11 is 0. The van der Waals surface area contributed by atoms with E-state index >= 15 is 0 Å². The standard InChI is InChI=1S/C8H11NO3/c1-9-8(12)5-2-6(10)4-7(11)3-5/h5H,2-4H2,1H3,(H,9,12). The summed E-state index contributed by atoms with van der Waals surface area (Å²) in [5.41, 5.74) is 0.